The molecule has 198 valence electrons. The van der Waals surface area contributed by atoms with Gasteiger partial charge in [0.1, 0.15) is 6.54 Å². The summed E-state index contributed by atoms with van der Waals surface area (Å²) in [6.07, 6.45) is 30.2. The third-order valence-corrected chi connectivity index (χ3v) is 8.09. The van der Waals surface area contributed by atoms with Crippen molar-refractivity contribution in [3.63, 3.8) is 0 Å². The molecule has 1 aromatic heterocycles. The second-order valence-corrected chi connectivity index (χ2v) is 11.5. The van der Waals surface area contributed by atoms with Crippen molar-refractivity contribution in [2.24, 2.45) is 5.92 Å². The Hall–Kier alpha value is -0.450. The van der Waals surface area contributed by atoms with Crippen molar-refractivity contribution >= 4 is 11.3 Å². The highest BCUT2D eigenvalue weighted by atomic mass is 32.1. The van der Waals surface area contributed by atoms with Crippen LogP contribution in [0.25, 0.3) is 0 Å². The minimum absolute atomic E-state index is 0.356. The van der Waals surface area contributed by atoms with Crippen molar-refractivity contribution in [3.05, 3.63) is 17.1 Å². The van der Waals surface area contributed by atoms with Gasteiger partial charge in [0.05, 0.1) is 18.1 Å². The Balaban J connectivity index is 1.26. The standard InChI is InChI=1S/C30H56NO2S/c1-2-3-4-5-6-7-8-9-10-11-12-14-17-20-29-25-30(33-26-29)27-32-23-19-16-13-15-18-21-31-22-24-34-28-31/h22,24,28-30H,2-21,23,25-27H2,1H3/q+1/t29-,30+/m0/s1. The molecule has 0 aliphatic carbocycles. The van der Waals surface area contributed by atoms with E-state index < -0.39 is 0 Å². The van der Waals surface area contributed by atoms with Gasteiger partial charge in [0.2, 0.25) is 5.51 Å². The van der Waals surface area contributed by atoms with Crippen LogP contribution in [-0.4, -0.2) is 25.9 Å². The van der Waals surface area contributed by atoms with Crippen LogP contribution in [0.3, 0.4) is 0 Å². The average Bonchev–Trinajstić information content (AvgIpc) is 3.53. The molecule has 0 N–H and O–H groups in total. The minimum Gasteiger partial charge on any atom is -0.379 e. The summed E-state index contributed by atoms with van der Waals surface area (Å²) in [7, 11) is 0. The molecule has 3 nitrogen and oxygen atoms in total. The molecule has 0 amide bonds. The zero-order chi connectivity index (χ0) is 23.9. The summed E-state index contributed by atoms with van der Waals surface area (Å²) in [6.45, 7) is 6.15. The Morgan fingerprint density at radius 1 is 0.794 bits per heavy atom. The molecule has 4 heteroatoms. The van der Waals surface area contributed by atoms with Crippen molar-refractivity contribution in [2.45, 2.75) is 148 Å². The number of thiazole rings is 1. The summed E-state index contributed by atoms with van der Waals surface area (Å²) in [5.74, 6) is 0.780. The van der Waals surface area contributed by atoms with E-state index in [2.05, 4.69) is 28.6 Å². The number of ether oxygens (including phenoxy) is 2. The first kappa shape index (κ1) is 29.8. The van der Waals surface area contributed by atoms with Crippen LogP contribution in [0.5, 0.6) is 0 Å². The number of aromatic nitrogens is 1. The van der Waals surface area contributed by atoms with Gasteiger partial charge in [0.25, 0.3) is 0 Å². The van der Waals surface area contributed by atoms with Crippen molar-refractivity contribution < 1.29 is 14.0 Å². The first-order valence-corrected chi connectivity index (χ1v) is 15.9. The SMILES string of the molecule is CCCCCCCCCCCCCCC[C@@H]1CO[C@@H](COCCCCCCC[n+]2ccsc2)C1. The highest BCUT2D eigenvalue weighted by Crippen LogP contribution is 2.25. The van der Waals surface area contributed by atoms with E-state index in [0.29, 0.717) is 6.10 Å². The highest BCUT2D eigenvalue weighted by Gasteiger charge is 2.24. The fourth-order valence-corrected chi connectivity index (χ4v) is 5.81. The van der Waals surface area contributed by atoms with Gasteiger partial charge in [0, 0.05) is 19.6 Å². The van der Waals surface area contributed by atoms with Gasteiger partial charge in [-0.05, 0) is 31.6 Å². The van der Waals surface area contributed by atoms with Gasteiger partial charge in [-0.1, -0.05) is 115 Å². The normalized spacial score (nSPS) is 18.1. The van der Waals surface area contributed by atoms with E-state index in [4.69, 9.17) is 9.47 Å². The summed E-state index contributed by atoms with van der Waals surface area (Å²) < 4.78 is 14.2. The molecule has 2 rings (SSSR count). The Labute approximate surface area is 216 Å². The molecule has 1 aliphatic heterocycles. The van der Waals surface area contributed by atoms with E-state index >= 15 is 0 Å². The Morgan fingerprint density at radius 2 is 1.41 bits per heavy atom. The van der Waals surface area contributed by atoms with Gasteiger partial charge in [-0.25, -0.2) is 0 Å². The second kappa shape index (κ2) is 21.8. The van der Waals surface area contributed by atoms with E-state index in [1.54, 1.807) is 11.3 Å². The molecule has 0 unspecified atom stereocenters. The van der Waals surface area contributed by atoms with E-state index in [0.717, 1.165) is 25.7 Å². The lowest BCUT2D eigenvalue weighted by Gasteiger charge is -2.10. The average molecular weight is 495 g/mol. The van der Waals surface area contributed by atoms with Crippen LogP contribution in [0.1, 0.15) is 135 Å². The highest BCUT2D eigenvalue weighted by molar-refractivity contribution is 7.07. The molecule has 1 fully saturated rings. The van der Waals surface area contributed by atoms with Gasteiger partial charge in [-0.2, -0.15) is 4.57 Å². The lowest BCUT2D eigenvalue weighted by Crippen LogP contribution is -2.29. The summed E-state index contributed by atoms with van der Waals surface area (Å²) >= 11 is 1.77. The number of nitrogens with zero attached hydrogens (tertiary/aromatic N) is 1. The zero-order valence-corrected chi connectivity index (χ0v) is 23.3. The third kappa shape index (κ3) is 16.3. The monoisotopic (exact) mass is 494 g/mol. The van der Waals surface area contributed by atoms with Crippen molar-refractivity contribution in [1.82, 2.24) is 0 Å². The predicted octanol–water partition coefficient (Wildman–Crippen LogP) is 8.89. The maximum Gasteiger partial charge on any atom is 0.224 e. The minimum atomic E-state index is 0.356. The van der Waals surface area contributed by atoms with Crippen LogP contribution in [0.4, 0.5) is 0 Å². The smallest absolute Gasteiger partial charge is 0.224 e. The molecule has 1 saturated heterocycles. The van der Waals surface area contributed by atoms with Crippen LogP contribution >= 0.6 is 11.3 Å². The molecule has 0 saturated carbocycles. The molecular formula is C30H56NO2S+. The van der Waals surface area contributed by atoms with E-state index in [9.17, 15) is 0 Å². The van der Waals surface area contributed by atoms with Crippen LogP contribution in [0.15, 0.2) is 17.1 Å². The van der Waals surface area contributed by atoms with Crippen molar-refractivity contribution in [3.8, 4) is 0 Å². The second-order valence-electron chi connectivity index (χ2n) is 10.7. The molecule has 2 heterocycles. The number of unbranched alkanes of at least 4 members (excludes halogenated alkanes) is 16. The van der Waals surface area contributed by atoms with Gasteiger partial charge < -0.3 is 9.47 Å². The largest absolute Gasteiger partial charge is 0.379 e. The molecule has 0 spiro atoms. The quantitative estimate of drug-likeness (QED) is 0.106. The summed E-state index contributed by atoms with van der Waals surface area (Å²) in [5.41, 5.74) is 2.20. The topological polar surface area (TPSA) is 22.3 Å². The lowest BCUT2D eigenvalue weighted by atomic mass is 9.97. The zero-order valence-electron chi connectivity index (χ0n) is 22.5. The number of hydrogen-bond donors (Lipinski definition) is 0. The fraction of sp³-hybridized carbons (Fsp3) is 0.900. The molecular weight excluding hydrogens is 438 g/mol. The van der Waals surface area contributed by atoms with E-state index in [1.165, 1.54) is 135 Å². The molecule has 0 radical (unpaired) electrons. The maximum atomic E-state index is 6.00. The molecule has 1 aliphatic rings. The number of hydrogen-bond acceptors (Lipinski definition) is 3. The van der Waals surface area contributed by atoms with E-state index in [1.807, 2.05) is 0 Å². The van der Waals surface area contributed by atoms with Gasteiger partial charge in [0.15, 0.2) is 6.20 Å². The first-order valence-electron chi connectivity index (χ1n) is 15.0. The molecule has 2 atom stereocenters. The summed E-state index contributed by atoms with van der Waals surface area (Å²) in [4.78, 5) is 0. The summed E-state index contributed by atoms with van der Waals surface area (Å²) in [5, 5.41) is 2.15. The van der Waals surface area contributed by atoms with E-state index in [-0.39, 0.29) is 0 Å². The third-order valence-electron chi connectivity index (χ3n) is 7.42. The Bertz CT molecular complexity index is 536. The lowest BCUT2D eigenvalue weighted by molar-refractivity contribution is -0.692. The van der Waals surface area contributed by atoms with Crippen molar-refractivity contribution in [1.29, 1.82) is 0 Å². The van der Waals surface area contributed by atoms with Crippen LogP contribution in [0, 0.1) is 5.92 Å². The predicted molar refractivity (Wildman–Crippen MR) is 147 cm³/mol. The first-order chi connectivity index (χ1) is 16.9. The molecule has 1 aromatic rings. The van der Waals surface area contributed by atoms with Gasteiger partial charge in [-0.3, -0.25) is 0 Å². The number of rotatable bonds is 24. The van der Waals surface area contributed by atoms with Crippen LogP contribution in [0.2, 0.25) is 0 Å². The number of aryl methyl sites for hydroxylation is 1. The molecule has 34 heavy (non-hydrogen) atoms. The maximum absolute atomic E-state index is 6.00. The molecule has 0 aromatic carbocycles. The Kier molecular flexibility index (Phi) is 19.1. The summed E-state index contributed by atoms with van der Waals surface area (Å²) in [6, 6.07) is 0. The Morgan fingerprint density at radius 3 is 2.06 bits per heavy atom. The van der Waals surface area contributed by atoms with Crippen LogP contribution in [-0.2, 0) is 16.0 Å². The van der Waals surface area contributed by atoms with Crippen LogP contribution < -0.4 is 4.57 Å². The fourth-order valence-electron chi connectivity index (χ4n) is 5.18. The molecule has 0 bridgehead atoms. The van der Waals surface area contributed by atoms with Gasteiger partial charge >= 0.3 is 0 Å². The van der Waals surface area contributed by atoms with Gasteiger partial charge in [-0.15, -0.1) is 0 Å². The van der Waals surface area contributed by atoms with Crippen molar-refractivity contribution in [2.75, 3.05) is 19.8 Å².